The summed E-state index contributed by atoms with van der Waals surface area (Å²) >= 11 is 1.38. The molecule has 3 rings (SSSR count). The topological polar surface area (TPSA) is 109 Å². The molecule has 0 bridgehead atoms. The second-order valence-corrected chi connectivity index (χ2v) is 7.25. The van der Waals surface area contributed by atoms with Crippen LogP contribution in [-0.2, 0) is 14.3 Å². The number of nitrogens with zero attached hydrogens (tertiary/aromatic N) is 3. The monoisotopic (exact) mass is 402 g/mol. The number of ketones is 1. The first-order valence-corrected chi connectivity index (χ1v) is 9.72. The lowest BCUT2D eigenvalue weighted by Crippen LogP contribution is -2.17. The van der Waals surface area contributed by atoms with Crippen LogP contribution >= 0.6 is 11.3 Å². The van der Waals surface area contributed by atoms with Gasteiger partial charge in [-0.25, -0.2) is 0 Å². The molecule has 2 heterocycles. The summed E-state index contributed by atoms with van der Waals surface area (Å²) in [5.74, 6) is 0.361. The highest BCUT2D eigenvalue weighted by Gasteiger charge is 2.23. The molecule has 2 aromatic heterocycles. The van der Waals surface area contributed by atoms with Crippen molar-refractivity contribution in [1.82, 2.24) is 14.6 Å². The van der Waals surface area contributed by atoms with Crippen molar-refractivity contribution in [3.63, 3.8) is 0 Å². The lowest BCUT2D eigenvalue weighted by Gasteiger charge is -2.13. The van der Waals surface area contributed by atoms with Crippen LogP contribution in [0, 0.1) is 0 Å². The summed E-state index contributed by atoms with van der Waals surface area (Å²) in [5.41, 5.74) is 6.52. The smallest absolute Gasteiger partial charge is 0.283 e. The van der Waals surface area contributed by atoms with Crippen LogP contribution in [0.5, 0.6) is 0 Å². The Bertz CT molecular complexity index is 1050. The van der Waals surface area contributed by atoms with Crippen LogP contribution in [-0.4, -0.2) is 34.6 Å². The number of nitrogen functional groups attached to an aromatic ring is 1. The number of hydrogen-bond donors (Lipinski definition) is 1. The molecule has 0 saturated heterocycles. The normalized spacial score (nSPS) is 14.3. The Hall–Kier alpha value is -2.94. The third-order valence-corrected chi connectivity index (χ3v) is 5.71. The SMILES string of the molecule is CCC(CC)c1nn2c(N)c(C=C3C=C(OC)C(=O)C(OC)=C3)c(=O)nc2s1. The number of ether oxygens (including phenoxy) is 2. The summed E-state index contributed by atoms with van der Waals surface area (Å²) in [6, 6.07) is 0. The third-order valence-electron chi connectivity index (χ3n) is 4.64. The van der Waals surface area contributed by atoms with E-state index in [2.05, 4.69) is 23.9 Å². The van der Waals surface area contributed by atoms with Crippen LogP contribution in [0.25, 0.3) is 11.0 Å². The van der Waals surface area contributed by atoms with Gasteiger partial charge in [-0.3, -0.25) is 9.59 Å². The summed E-state index contributed by atoms with van der Waals surface area (Å²) in [7, 11) is 2.79. The van der Waals surface area contributed by atoms with Crippen molar-refractivity contribution in [2.24, 2.45) is 0 Å². The van der Waals surface area contributed by atoms with Gasteiger partial charge in [-0.1, -0.05) is 25.2 Å². The number of rotatable bonds is 6. The van der Waals surface area contributed by atoms with Gasteiger partial charge in [0, 0.05) is 5.92 Å². The molecule has 0 saturated carbocycles. The number of methoxy groups -OCH3 is 2. The molecule has 1 aliphatic rings. The molecule has 0 unspecified atom stereocenters. The van der Waals surface area contributed by atoms with Crippen molar-refractivity contribution < 1.29 is 14.3 Å². The van der Waals surface area contributed by atoms with Crippen LogP contribution in [0.3, 0.4) is 0 Å². The van der Waals surface area contributed by atoms with E-state index in [1.807, 2.05) is 0 Å². The van der Waals surface area contributed by atoms with Gasteiger partial charge in [0.05, 0.1) is 19.8 Å². The second-order valence-electron chi connectivity index (χ2n) is 6.26. The number of nitrogens with two attached hydrogens (primary N) is 1. The largest absolute Gasteiger partial charge is 0.492 e. The molecule has 8 nitrogen and oxygen atoms in total. The summed E-state index contributed by atoms with van der Waals surface area (Å²) in [6.07, 6.45) is 6.49. The highest BCUT2D eigenvalue weighted by atomic mass is 32.1. The molecule has 28 heavy (non-hydrogen) atoms. The molecule has 0 radical (unpaired) electrons. The lowest BCUT2D eigenvalue weighted by molar-refractivity contribution is -0.117. The van der Waals surface area contributed by atoms with Crippen molar-refractivity contribution >= 4 is 34.0 Å². The zero-order valence-corrected chi connectivity index (χ0v) is 17.0. The van der Waals surface area contributed by atoms with Gasteiger partial charge < -0.3 is 15.2 Å². The fraction of sp³-hybridized carbons (Fsp3) is 0.368. The Morgan fingerprint density at radius 2 is 1.79 bits per heavy atom. The molecule has 0 spiro atoms. The van der Waals surface area contributed by atoms with Crippen molar-refractivity contribution in [1.29, 1.82) is 0 Å². The Morgan fingerprint density at radius 1 is 1.18 bits per heavy atom. The molecule has 148 valence electrons. The fourth-order valence-electron chi connectivity index (χ4n) is 2.99. The average Bonchev–Trinajstić information content (AvgIpc) is 3.10. The first-order chi connectivity index (χ1) is 13.4. The molecule has 0 fully saturated rings. The highest BCUT2D eigenvalue weighted by Crippen LogP contribution is 2.29. The summed E-state index contributed by atoms with van der Waals surface area (Å²) < 4.78 is 11.7. The molecule has 0 aromatic carbocycles. The predicted molar refractivity (Wildman–Crippen MR) is 108 cm³/mol. The maximum atomic E-state index is 12.6. The minimum atomic E-state index is -0.457. The Balaban J connectivity index is 2.14. The molecular weight excluding hydrogens is 380 g/mol. The molecule has 0 atom stereocenters. The summed E-state index contributed by atoms with van der Waals surface area (Å²) in [5, 5.41) is 5.47. The van der Waals surface area contributed by atoms with Gasteiger partial charge in [0.25, 0.3) is 11.3 Å². The van der Waals surface area contributed by atoms with E-state index in [-0.39, 0.29) is 28.7 Å². The predicted octanol–water partition coefficient (Wildman–Crippen LogP) is 2.66. The van der Waals surface area contributed by atoms with Gasteiger partial charge in [0.15, 0.2) is 11.5 Å². The van der Waals surface area contributed by atoms with Crippen molar-refractivity contribution in [2.75, 3.05) is 20.0 Å². The zero-order chi connectivity index (χ0) is 20.4. The molecule has 2 aromatic rings. The Morgan fingerprint density at radius 3 is 2.32 bits per heavy atom. The number of Topliss-reactive ketones (excluding diaryl/α,β-unsaturated/α-hetero) is 1. The number of hydrogen-bond acceptors (Lipinski definition) is 8. The zero-order valence-electron chi connectivity index (χ0n) is 16.2. The quantitative estimate of drug-likeness (QED) is 0.791. The van der Waals surface area contributed by atoms with E-state index in [4.69, 9.17) is 15.2 Å². The van der Waals surface area contributed by atoms with Gasteiger partial charge in [-0.05, 0) is 36.6 Å². The lowest BCUT2D eigenvalue weighted by atomic mass is 10.0. The van der Waals surface area contributed by atoms with Crippen molar-refractivity contribution in [2.45, 2.75) is 32.6 Å². The Labute approximate surface area is 166 Å². The third kappa shape index (κ3) is 3.45. The van der Waals surface area contributed by atoms with E-state index in [9.17, 15) is 9.59 Å². The number of allylic oxidation sites excluding steroid dienone is 3. The molecule has 2 N–H and O–H groups in total. The molecule has 1 aliphatic carbocycles. The van der Waals surface area contributed by atoms with E-state index in [0.29, 0.717) is 16.5 Å². The second kappa shape index (κ2) is 7.97. The van der Waals surface area contributed by atoms with E-state index >= 15 is 0 Å². The summed E-state index contributed by atoms with van der Waals surface area (Å²) in [6.45, 7) is 4.20. The van der Waals surface area contributed by atoms with Gasteiger partial charge in [0.2, 0.25) is 4.96 Å². The van der Waals surface area contributed by atoms with Crippen molar-refractivity contribution in [3.8, 4) is 0 Å². The number of aromatic nitrogens is 3. The number of fused-ring (bicyclic) bond motifs is 1. The van der Waals surface area contributed by atoms with Crippen LogP contribution < -0.4 is 11.3 Å². The maximum Gasteiger partial charge on any atom is 0.283 e. The van der Waals surface area contributed by atoms with E-state index < -0.39 is 5.56 Å². The molecular formula is C19H22N4O4S. The standard InChI is InChI=1S/C19H22N4O4S/c1-5-11(6-2)18-22-23-16(20)12(17(25)21-19(23)28-18)7-10-8-13(26-3)15(24)14(9-10)27-4/h7-9,11H,5-6,20H2,1-4H3. The highest BCUT2D eigenvalue weighted by molar-refractivity contribution is 7.16. The van der Waals surface area contributed by atoms with Gasteiger partial charge >= 0.3 is 0 Å². The average molecular weight is 402 g/mol. The van der Waals surface area contributed by atoms with E-state index in [1.165, 1.54) is 42.2 Å². The van der Waals surface area contributed by atoms with Crippen LogP contribution in [0.4, 0.5) is 5.82 Å². The number of carbonyl (C=O) groups excluding carboxylic acids is 1. The number of anilines is 1. The first kappa shape index (κ1) is 19.8. The van der Waals surface area contributed by atoms with Crippen molar-refractivity contribution in [3.05, 3.63) is 50.2 Å². The molecule has 9 heteroatoms. The number of carbonyl (C=O) groups is 1. The maximum absolute atomic E-state index is 12.6. The minimum absolute atomic E-state index is 0.114. The van der Waals surface area contributed by atoms with Gasteiger partial charge in [-0.15, -0.1) is 0 Å². The molecule has 0 aliphatic heterocycles. The summed E-state index contributed by atoms with van der Waals surface area (Å²) in [4.78, 5) is 29.3. The minimum Gasteiger partial charge on any atom is -0.492 e. The fourth-order valence-corrected chi connectivity index (χ4v) is 4.15. The molecule has 0 amide bonds. The van der Waals surface area contributed by atoms with Gasteiger partial charge in [-0.2, -0.15) is 14.6 Å². The van der Waals surface area contributed by atoms with E-state index in [1.54, 1.807) is 6.08 Å². The van der Waals surface area contributed by atoms with Crippen LogP contribution in [0.2, 0.25) is 0 Å². The Kier molecular flexibility index (Phi) is 5.64. The van der Waals surface area contributed by atoms with Gasteiger partial charge in [0.1, 0.15) is 10.8 Å². The first-order valence-electron chi connectivity index (χ1n) is 8.90. The van der Waals surface area contributed by atoms with E-state index in [0.717, 1.165) is 17.8 Å². The van der Waals surface area contributed by atoms with Crippen LogP contribution in [0.1, 0.15) is 43.2 Å². The van der Waals surface area contributed by atoms with Crippen LogP contribution in [0.15, 0.2) is 34.0 Å².